The molecule has 148 valence electrons. The molecule has 10 heteroatoms. The monoisotopic (exact) mass is 402 g/mol. The van der Waals surface area contributed by atoms with Crippen LogP contribution in [0.4, 0.5) is 13.2 Å². The zero-order chi connectivity index (χ0) is 20.6. The SMILES string of the molecule is Cc1nc(Cn2nnc3ccc(-c4ccc(OC(F)(F)F)cc4)cc3c2=O)co1. The smallest absolute Gasteiger partial charge is 0.449 e. The average Bonchev–Trinajstić information content (AvgIpc) is 3.08. The molecule has 0 bridgehead atoms. The molecule has 2 aromatic heterocycles. The van der Waals surface area contributed by atoms with Crippen LogP contribution in [0.1, 0.15) is 11.6 Å². The standard InChI is InChI=1S/C19H13F3N4O3/c1-11-23-14(10-28-11)9-26-18(27)16-8-13(4-7-17(16)24-25-26)12-2-5-15(6-3-12)29-19(20,21)22/h2-8,10H,9H2,1H3. The number of benzene rings is 2. The number of hydrogen-bond donors (Lipinski definition) is 0. The van der Waals surface area contributed by atoms with Crippen molar-refractivity contribution in [1.29, 1.82) is 0 Å². The number of oxazole rings is 1. The summed E-state index contributed by atoms with van der Waals surface area (Å²) in [4.78, 5) is 16.9. The summed E-state index contributed by atoms with van der Waals surface area (Å²) in [5.41, 5.74) is 1.84. The highest BCUT2D eigenvalue weighted by molar-refractivity contribution is 5.83. The Labute approximate surface area is 161 Å². The van der Waals surface area contributed by atoms with Crippen LogP contribution in [0.5, 0.6) is 5.75 Å². The Morgan fingerprint density at radius 3 is 2.48 bits per heavy atom. The predicted octanol–water partition coefficient (Wildman–Crippen LogP) is 3.70. The van der Waals surface area contributed by atoms with Gasteiger partial charge in [-0.1, -0.05) is 23.4 Å². The highest BCUT2D eigenvalue weighted by Crippen LogP contribution is 2.27. The van der Waals surface area contributed by atoms with Gasteiger partial charge in [0.15, 0.2) is 5.89 Å². The molecule has 0 atom stereocenters. The second-order valence-electron chi connectivity index (χ2n) is 6.21. The lowest BCUT2D eigenvalue weighted by molar-refractivity contribution is -0.274. The van der Waals surface area contributed by atoms with Gasteiger partial charge in [-0.05, 0) is 35.4 Å². The van der Waals surface area contributed by atoms with Gasteiger partial charge in [0.25, 0.3) is 5.56 Å². The molecule has 0 N–H and O–H groups in total. The van der Waals surface area contributed by atoms with Gasteiger partial charge >= 0.3 is 6.36 Å². The molecule has 0 amide bonds. The molecular formula is C19H13F3N4O3. The van der Waals surface area contributed by atoms with Gasteiger partial charge in [0, 0.05) is 6.92 Å². The number of fused-ring (bicyclic) bond motifs is 1. The van der Waals surface area contributed by atoms with Crippen molar-refractivity contribution in [3.8, 4) is 16.9 Å². The van der Waals surface area contributed by atoms with Crippen LogP contribution in [0, 0.1) is 6.92 Å². The maximum atomic E-state index is 12.8. The molecule has 0 radical (unpaired) electrons. The molecular weight excluding hydrogens is 389 g/mol. The van der Waals surface area contributed by atoms with Crippen molar-refractivity contribution < 1.29 is 22.3 Å². The molecule has 29 heavy (non-hydrogen) atoms. The van der Waals surface area contributed by atoms with Gasteiger partial charge in [-0.25, -0.2) is 9.67 Å². The van der Waals surface area contributed by atoms with Crippen molar-refractivity contribution in [1.82, 2.24) is 20.0 Å². The van der Waals surface area contributed by atoms with E-state index in [0.29, 0.717) is 33.6 Å². The molecule has 0 spiro atoms. The number of ether oxygens (including phenoxy) is 1. The maximum absolute atomic E-state index is 12.8. The lowest BCUT2D eigenvalue weighted by Gasteiger charge is -2.09. The first-order valence-corrected chi connectivity index (χ1v) is 8.43. The molecule has 0 unspecified atom stereocenters. The number of halogens is 3. The van der Waals surface area contributed by atoms with Gasteiger partial charge in [-0.15, -0.1) is 18.3 Å². The summed E-state index contributed by atoms with van der Waals surface area (Å²) >= 11 is 0. The molecule has 0 saturated heterocycles. The minimum atomic E-state index is -4.75. The molecule has 0 aliphatic carbocycles. The fourth-order valence-electron chi connectivity index (χ4n) is 2.84. The van der Waals surface area contributed by atoms with Crippen molar-refractivity contribution in [3.63, 3.8) is 0 Å². The molecule has 4 aromatic rings. The third-order valence-corrected chi connectivity index (χ3v) is 4.12. The fraction of sp³-hybridized carbons (Fsp3) is 0.158. The van der Waals surface area contributed by atoms with Crippen LogP contribution in [0.2, 0.25) is 0 Å². The van der Waals surface area contributed by atoms with Crippen LogP contribution in [-0.2, 0) is 6.54 Å². The Morgan fingerprint density at radius 1 is 1.10 bits per heavy atom. The average molecular weight is 402 g/mol. The van der Waals surface area contributed by atoms with Crippen molar-refractivity contribution in [3.05, 3.63) is 70.7 Å². The summed E-state index contributed by atoms with van der Waals surface area (Å²) in [7, 11) is 0. The summed E-state index contributed by atoms with van der Waals surface area (Å²) in [6, 6.07) is 10.3. The zero-order valence-corrected chi connectivity index (χ0v) is 15.0. The highest BCUT2D eigenvalue weighted by atomic mass is 19.4. The number of aryl methyl sites for hydroxylation is 1. The minimum absolute atomic E-state index is 0.104. The van der Waals surface area contributed by atoms with Crippen LogP contribution in [0.25, 0.3) is 22.0 Å². The quantitative estimate of drug-likeness (QED) is 0.518. The van der Waals surface area contributed by atoms with Gasteiger partial charge in [-0.3, -0.25) is 4.79 Å². The summed E-state index contributed by atoms with van der Waals surface area (Å²) in [5, 5.41) is 8.28. The van der Waals surface area contributed by atoms with E-state index >= 15 is 0 Å². The van der Waals surface area contributed by atoms with Crippen molar-refractivity contribution in [2.24, 2.45) is 0 Å². The van der Waals surface area contributed by atoms with E-state index in [2.05, 4.69) is 20.0 Å². The summed E-state index contributed by atoms with van der Waals surface area (Å²) in [6.45, 7) is 1.79. The second-order valence-corrected chi connectivity index (χ2v) is 6.21. The molecule has 4 rings (SSSR count). The topological polar surface area (TPSA) is 83.0 Å². The molecule has 0 saturated carbocycles. The number of rotatable bonds is 4. The summed E-state index contributed by atoms with van der Waals surface area (Å²) < 4.78 is 47.1. The number of alkyl halides is 3. The number of aromatic nitrogens is 4. The lowest BCUT2D eigenvalue weighted by Crippen LogP contribution is -2.25. The van der Waals surface area contributed by atoms with E-state index in [0.717, 1.165) is 0 Å². The van der Waals surface area contributed by atoms with Crippen LogP contribution < -0.4 is 10.3 Å². The Hall–Kier alpha value is -3.69. The molecule has 2 aromatic carbocycles. The van der Waals surface area contributed by atoms with Gasteiger partial charge in [0.2, 0.25) is 0 Å². The third kappa shape index (κ3) is 4.10. The Balaban J connectivity index is 1.67. The van der Waals surface area contributed by atoms with E-state index in [1.54, 1.807) is 25.1 Å². The third-order valence-electron chi connectivity index (χ3n) is 4.12. The van der Waals surface area contributed by atoms with Crippen LogP contribution in [0.15, 0.2) is 57.9 Å². The van der Waals surface area contributed by atoms with Crippen LogP contribution >= 0.6 is 0 Å². The zero-order valence-electron chi connectivity index (χ0n) is 15.0. The van der Waals surface area contributed by atoms with Crippen LogP contribution in [-0.4, -0.2) is 26.3 Å². The first-order valence-electron chi connectivity index (χ1n) is 8.43. The maximum Gasteiger partial charge on any atom is 0.573 e. The normalized spacial score (nSPS) is 11.7. The van der Waals surface area contributed by atoms with Crippen molar-refractivity contribution >= 4 is 10.9 Å². The van der Waals surface area contributed by atoms with Crippen molar-refractivity contribution in [2.75, 3.05) is 0 Å². The number of nitrogens with zero attached hydrogens (tertiary/aromatic N) is 4. The van der Waals surface area contributed by atoms with E-state index in [1.807, 2.05) is 0 Å². The van der Waals surface area contributed by atoms with Gasteiger partial charge in [0.05, 0.1) is 11.9 Å². The predicted molar refractivity (Wildman–Crippen MR) is 96.3 cm³/mol. The second kappa shape index (κ2) is 7.04. The lowest BCUT2D eigenvalue weighted by atomic mass is 10.0. The van der Waals surface area contributed by atoms with Gasteiger partial charge in [0.1, 0.15) is 23.2 Å². The first-order chi connectivity index (χ1) is 13.8. The van der Waals surface area contributed by atoms with Gasteiger partial charge < -0.3 is 9.15 Å². The van der Waals surface area contributed by atoms with E-state index in [4.69, 9.17) is 4.42 Å². The fourth-order valence-corrected chi connectivity index (χ4v) is 2.84. The Bertz CT molecular complexity index is 1230. The van der Waals surface area contributed by atoms with Crippen molar-refractivity contribution in [2.45, 2.75) is 19.8 Å². The largest absolute Gasteiger partial charge is 0.573 e. The molecule has 2 heterocycles. The first kappa shape index (κ1) is 18.7. The minimum Gasteiger partial charge on any atom is -0.449 e. The molecule has 0 fully saturated rings. The van der Waals surface area contributed by atoms with E-state index in [1.165, 1.54) is 35.2 Å². The van der Waals surface area contributed by atoms with E-state index < -0.39 is 6.36 Å². The van der Waals surface area contributed by atoms with E-state index in [9.17, 15) is 18.0 Å². The molecule has 0 aliphatic rings. The van der Waals surface area contributed by atoms with E-state index in [-0.39, 0.29) is 17.9 Å². The highest BCUT2D eigenvalue weighted by Gasteiger charge is 2.30. The molecule has 0 aliphatic heterocycles. The summed E-state index contributed by atoms with van der Waals surface area (Å²) in [6.07, 6.45) is -3.31. The Morgan fingerprint density at radius 2 is 1.83 bits per heavy atom. The van der Waals surface area contributed by atoms with Crippen LogP contribution in [0.3, 0.4) is 0 Å². The Kier molecular flexibility index (Phi) is 4.53. The number of hydrogen-bond acceptors (Lipinski definition) is 6. The van der Waals surface area contributed by atoms with Gasteiger partial charge in [-0.2, -0.15) is 0 Å². The molecule has 7 nitrogen and oxygen atoms in total. The summed E-state index contributed by atoms with van der Waals surface area (Å²) in [5.74, 6) is 0.153.